The molecular weight excluding hydrogens is 380 g/mol. The molecule has 0 aliphatic carbocycles. The molecule has 7 nitrogen and oxygen atoms in total. The fourth-order valence-corrected chi connectivity index (χ4v) is 3.30. The van der Waals surface area contributed by atoms with Crippen molar-refractivity contribution in [3.8, 4) is 0 Å². The predicted molar refractivity (Wildman–Crippen MR) is 114 cm³/mol. The third-order valence-electron chi connectivity index (χ3n) is 4.88. The molecule has 30 heavy (non-hydrogen) atoms. The first-order valence-corrected chi connectivity index (χ1v) is 9.77. The summed E-state index contributed by atoms with van der Waals surface area (Å²) in [7, 11) is 0. The van der Waals surface area contributed by atoms with Crippen LogP contribution in [0, 0.1) is 0 Å². The van der Waals surface area contributed by atoms with Gasteiger partial charge in [-0.05, 0) is 36.4 Å². The van der Waals surface area contributed by atoms with Gasteiger partial charge in [-0.15, -0.1) is 0 Å². The van der Waals surface area contributed by atoms with E-state index in [-0.39, 0.29) is 17.5 Å². The number of nitrogens with one attached hydrogen (secondary N) is 1. The van der Waals surface area contributed by atoms with Gasteiger partial charge in [-0.1, -0.05) is 24.3 Å². The van der Waals surface area contributed by atoms with Crippen molar-refractivity contribution in [1.82, 2.24) is 15.2 Å². The van der Waals surface area contributed by atoms with Crippen LogP contribution in [0.1, 0.15) is 16.1 Å². The minimum atomic E-state index is -0.339. The largest absolute Gasteiger partial charge is 0.465 e. The van der Waals surface area contributed by atoms with Crippen LogP contribution < -0.4 is 10.2 Å². The summed E-state index contributed by atoms with van der Waals surface area (Å²) in [6, 6.07) is 18.1. The minimum Gasteiger partial charge on any atom is -0.465 e. The molecule has 1 aliphatic rings. The molecule has 1 N–H and O–H groups in total. The average Bonchev–Trinajstić information content (AvgIpc) is 3.32. The summed E-state index contributed by atoms with van der Waals surface area (Å²) < 4.78 is 5.35. The summed E-state index contributed by atoms with van der Waals surface area (Å²) in [6.45, 7) is 2.41. The van der Waals surface area contributed by atoms with Crippen molar-refractivity contribution < 1.29 is 14.0 Å². The molecule has 3 heterocycles. The fraction of sp³-hybridized carbons (Fsp3) is 0.174. The Morgan fingerprint density at radius 3 is 2.37 bits per heavy atom. The number of amides is 2. The zero-order chi connectivity index (χ0) is 20.8. The topological polar surface area (TPSA) is 78.7 Å². The molecule has 0 saturated carbocycles. The highest BCUT2D eigenvalue weighted by Crippen LogP contribution is 2.15. The third kappa shape index (κ3) is 4.57. The molecule has 1 aromatic carbocycles. The molecule has 0 atom stereocenters. The van der Waals surface area contributed by atoms with Crippen LogP contribution >= 0.6 is 0 Å². The molecule has 0 radical (unpaired) electrons. The van der Waals surface area contributed by atoms with Gasteiger partial charge in [-0.3, -0.25) is 9.59 Å². The van der Waals surface area contributed by atoms with Gasteiger partial charge in [0.1, 0.15) is 17.3 Å². The molecule has 0 bridgehead atoms. The normalized spacial score (nSPS) is 14.5. The summed E-state index contributed by atoms with van der Waals surface area (Å²) >= 11 is 0. The SMILES string of the molecule is O=C(NC(=Cc1ccco1)C(=O)N1CCN(c2ccccn2)CC1)c1ccccc1. The quantitative estimate of drug-likeness (QED) is 0.664. The number of hydrogen-bond donors (Lipinski definition) is 1. The van der Waals surface area contributed by atoms with E-state index in [2.05, 4.69) is 15.2 Å². The molecule has 3 aromatic rings. The van der Waals surface area contributed by atoms with Crippen LogP contribution in [0.4, 0.5) is 5.82 Å². The molecule has 152 valence electrons. The van der Waals surface area contributed by atoms with Crippen molar-refractivity contribution in [3.63, 3.8) is 0 Å². The zero-order valence-electron chi connectivity index (χ0n) is 16.4. The van der Waals surface area contributed by atoms with Crippen LogP contribution in [0.3, 0.4) is 0 Å². The number of hydrogen-bond acceptors (Lipinski definition) is 5. The zero-order valence-corrected chi connectivity index (χ0v) is 16.4. The van der Waals surface area contributed by atoms with Gasteiger partial charge in [0.05, 0.1) is 6.26 Å². The second-order valence-corrected chi connectivity index (χ2v) is 6.86. The summed E-state index contributed by atoms with van der Waals surface area (Å²) in [5.74, 6) is 0.817. The Kier molecular flexibility index (Phi) is 5.89. The summed E-state index contributed by atoms with van der Waals surface area (Å²) in [5.41, 5.74) is 0.667. The Bertz CT molecular complexity index is 1010. The molecule has 0 spiro atoms. The van der Waals surface area contributed by atoms with Crippen molar-refractivity contribution >= 4 is 23.7 Å². The van der Waals surface area contributed by atoms with Gasteiger partial charge in [0.25, 0.3) is 11.8 Å². The number of piperazine rings is 1. The second kappa shape index (κ2) is 9.09. The monoisotopic (exact) mass is 402 g/mol. The summed E-state index contributed by atoms with van der Waals surface area (Å²) in [4.78, 5) is 34.1. The van der Waals surface area contributed by atoms with E-state index in [1.807, 2.05) is 24.3 Å². The van der Waals surface area contributed by atoms with Gasteiger partial charge in [0.2, 0.25) is 0 Å². The number of furan rings is 1. The van der Waals surface area contributed by atoms with E-state index in [4.69, 9.17) is 4.42 Å². The van der Waals surface area contributed by atoms with E-state index >= 15 is 0 Å². The lowest BCUT2D eigenvalue weighted by Crippen LogP contribution is -2.50. The van der Waals surface area contributed by atoms with Gasteiger partial charge in [-0.2, -0.15) is 0 Å². The van der Waals surface area contributed by atoms with E-state index in [0.29, 0.717) is 37.5 Å². The maximum absolute atomic E-state index is 13.2. The minimum absolute atomic E-state index is 0.185. The van der Waals surface area contributed by atoms with Crippen molar-refractivity contribution in [1.29, 1.82) is 0 Å². The van der Waals surface area contributed by atoms with Crippen molar-refractivity contribution in [3.05, 3.63) is 90.1 Å². The Balaban J connectivity index is 1.48. The van der Waals surface area contributed by atoms with Gasteiger partial charge < -0.3 is 19.5 Å². The van der Waals surface area contributed by atoms with E-state index in [1.54, 1.807) is 53.6 Å². The number of aromatic nitrogens is 1. The Morgan fingerprint density at radius 2 is 1.70 bits per heavy atom. The first-order valence-electron chi connectivity index (χ1n) is 9.77. The molecule has 1 fully saturated rings. The Morgan fingerprint density at radius 1 is 0.933 bits per heavy atom. The number of carbonyl (C=O) groups is 2. The van der Waals surface area contributed by atoms with E-state index < -0.39 is 0 Å². The van der Waals surface area contributed by atoms with Gasteiger partial charge in [0.15, 0.2) is 0 Å². The molecule has 4 rings (SSSR count). The molecule has 0 unspecified atom stereocenters. The van der Waals surface area contributed by atoms with E-state index in [1.165, 1.54) is 6.26 Å². The highest BCUT2D eigenvalue weighted by molar-refractivity contribution is 6.05. The van der Waals surface area contributed by atoms with Crippen LogP contribution in [-0.4, -0.2) is 47.9 Å². The molecule has 1 saturated heterocycles. The molecule has 7 heteroatoms. The molecular formula is C23H22N4O3. The highest BCUT2D eigenvalue weighted by Gasteiger charge is 2.25. The first-order chi connectivity index (χ1) is 14.7. The third-order valence-corrected chi connectivity index (χ3v) is 4.88. The number of anilines is 1. The second-order valence-electron chi connectivity index (χ2n) is 6.86. The average molecular weight is 402 g/mol. The van der Waals surface area contributed by atoms with Crippen LogP contribution in [-0.2, 0) is 4.79 Å². The van der Waals surface area contributed by atoms with Gasteiger partial charge in [0, 0.05) is 44.0 Å². The summed E-state index contributed by atoms with van der Waals surface area (Å²) in [6.07, 6.45) is 4.85. The number of nitrogens with zero attached hydrogens (tertiary/aromatic N) is 3. The van der Waals surface area contributed by atoms with Crippen molar-refractivity contribution in [2.24, 2.45) is 0 Å². The standard InChI is InChI=1S/C23H22N4O3/c28-22(18-7-2-1-3-8-18)25-20(17-19-9-6-16-30-19)23(29)27-14-12-26(13-15-27)21-10-4-5-11-24-21/h1-11,16-17H,12-15H2,(H,25,28). The molecule has 1 aliphatic heterocycles. The lowest BCUT2D eigenvalue weighted by molar-refractivity contribution is -0.127. The number of carbonyl (C=O) groups excluding carboxylic acids is 2. The van der Waals surface area contributed by atoms with E-state index in [9.17, 15) is 9.59 Å². The number of rotatable bonds is 5. The maximum atomic E-state index is 13.2. The first kappa shape index (κ1) is 19.4. The van der Waals surface area contributed by atoms with Crippen molar-refractivity contribution in [2.75, 3.05) is 31.1 Å². The van der Waals surface area contributed by atoms with Crippen LogP contribution in [0.15, 0.2) is 83.2 Å². The van der Waals surface area contributed by atoms with Crippen LogP contribution in [0.5, 0.6) is 0 Å². The van der Waals surface area contributed by atoms with Crippen molar-refractivity contribution in [2.45, 2.75) is 0 Å². The smallest absolute Gasteiger partial charge is 0.270 e. The lowest BCUT2D eigenvalue weighted by Gasteiger charge is -2.35. The van der Waals surface area contributed by atoms with Crippen LogP contribution in [0.25, 0.3) is 6.08 Å². The predicted octanol–water partition coefficient (Wildman–Crippen LogP) is 2.79. The lowest BCUT2D eigenvalue weighted by atomic mass is 10.2. The van der Waals surface area contributed by atoms with E-state index in [0.717, 1.165) is 5.82 Å². The van der Waals surface area contributed by atoms with Gasteiger partial charge >= 0.3 is 0 Å². The Hall–Kier alpha value is -3.87. The molecule has 2 amide bonds. The number of pyridine rings is 1. The van der Waals surface area contributed by atoms with Crippen LogP contribution in [0.2, 0.25) is 0 Å². The maximum Gasteiger partial charge on any atom is 0.270 e. The highest BCUT2D eigenvalue weighted by atomic mass is 16.3. The Labute approximate surface area is 174 Å². The molecule has 2 aromatic heterocycles. The van der Waals surface area contributed by atoms with Gasteiger partial charge in [-0.25, -0.2) is 4.98 Å². The summed E-state index contributed by atoms with van der Waals surface area (Å²) in [5, 5.41) is 2.76. The fourth-order valence-electron chi connectivity index (χ4n) is 3.30. The number of benzene rings is 1.